The van der Waals surface area contributed by atoms with E-state index in [1.807, 2.05) is 30.3 Å². The maximum Gasteiger partial charge on any atom is 0.251 e. The lowest BCUT2D eigenvalue weighted by Crippen LogP contribution is -2.34. The van der Waals surface area contributed by atoms with Gasteiger partial charge in [0.2, 0.25) is 0 Å². The number of carbonyl (C=O) groups excluding carboxylic acids is 1. The van der Waals surface area contributed by atoms with Gasteiger partial charge in [-0.2, -0.15) is 0 Å². The summed E-state index contributed by atoms with van der Waals surface area (Å²) in [5, 5.41) is 13.7. The molecule has 0 aliphatic carbocycles. The summed E-state index contributed by atoms with van der Waals surface area (Å²) in [7, 11) is 0. The molecule has 3 nitrogen and oxygen atoms in total. The molecule has 1 unspecified atom stereocenters. The standard InChI is InChI=1S/C14H14BrNO2/c1-9(8-17)16-14(18)11-5-6-12-10(7-11)3-2-4-13(12)15/h2-7,9,17H,8H2,1H3,(H,16,18). The lowest BCUT2D eigenvalue weighted by atomic mass is 10.1. The highest BCUT2D eigenvalue weighted by atomic mass is 79.9. The van der Waals surface area contributed by atoms with E-state index in [4.69, 9.17) is 5.11 Å². The highest BCUT2D eigenvalue weighted by Gasteiger charge is 2.09. The molecule has 18 heavy (non-hydrogen) atoms. The predicted octanol–water partition coefficient (Wildman–Crippen LogP) is 2.71. The molecule has 94 valence electrons. The third-order valence-electron chi connectivity index (χ3n) is 2.74. The summed E-state index contributed by atoms with van der Waals surface area (Å²) in [5.41, 5.74) is 0.598. The van der Waals surface area contributed by atoms with Crippen LogP contribution in [0.5, 0.6) is 0 Å². The Hall–Kier alpha value is -1.39. The molecular weight excluding hydrogens is 294 g/mol. The van der Waals surface area contributed by atoms with Crippen LogP contribution in [0.15, 0.2) is 40.9 Å². The molecule has 2 aromatic rings. The minimum Gasteiger partial charge on any atom is -0.394 e. The second kappa shape index (κ2) is 5.50. The van der Waals surface area contributed by atoms with Crippen LogP contribution in [-0.4, -0.2) is 23.7 Å². The van der Waals surface area contributed by atoms with Gasteiger partial charge in [-0.15, -0.1) is 0 Å². The van der Waals surface area contributed by atoms with Crippen LogP contribution >= 0.6 is 15.9 Å². The molecule has 0 saturated carbocycles. The summed E-state index contributed by atoms with van der Waals surface area (Å²) in [6, 6.07) is 11.2. The van der Waals surface area contributed by atoms with E-state index < -0.39 is 0 Å². The average molecular weight is 308 g/mol. The van der Waals surface area contributed by atoms with Crippen LogP contribution in [0, 0.1) is 0 Å². The van der Waals surface area contributed by atoms with E-state index in [-0.39, 0.29) is 18.6 Å². The molecule has 2 aromatic carbocycles. The number of carbonyl (C=O) groups is 1. The lowest BCUT2D eigenvalue weighted by Gasteiger charge is -2.11. The van der Waals surface area contributed by atoms with Crippen LogP contribution in [0.4, 0.5) is 0 Å². The first-order valence-electron chi connectivity index (χ1n) is 5.72. The molecule has 2 rings (SSSR count). The zero-order valence-electron chi connectivity index (χ0n) is 9.98. The van der Waals surface area contributed by atoms with Crippen molar-refractivity contribution in [1.82, 2.24) is 5.32 Å². The fourth-order valence-corrected chi connectivity index (χ4v) is 2.25. The van der Waals surface area contributed by atoms with Gasteiger partial charge in [0.05, 0.1) is 6.61 Å². The molecule has 1 amide bonds. The highest BCUT2D eigenvalue weighted by Crippen LogP contribution is 2.24. The molecule has 4 heteroatoms. The van der Waals surface area contributed by atoms with Crippen molar-refractivity contribution in [3.05, 3.63) is 46.4 Å². The van der Waals surface area contributed by atoms with Gasteiger partial charge in [0, 0.05) is 16.1 Å². The van der Waals surface area contributed by atoms with Gasteiger partial charge in [-0.3, -0.25) is 4.79 Å². The van der Waals surface area contributed by atoms with Gasteiger partial charge in [0.25, 0.3) is 5.91 Å². The van der Waals surface area contributed by atoms with Crippen molar-refractivity contribution in [3.63, 3.8) is 0 Å². The van der Waals surface area contributed by atoms with Crippen molar-refractivity contribution in [3.8, 4) is 0 Å². The second-order valence-electron chi connectivity index (χ2n) is 4.23. The van der Waals surface area contributed by atoms with E-state index >= 15 is 0 Å². The molecular formula is C14H14BrNO2. The van der Waals surface area contributed by atoms with Crippen LogP contribution in [-0.2, 0) is 0 Å². The maximum atomic E-state index is 11.9. The van der Waals surface area contributed by atoms with E-state index in [2.05, 4.69) is 21.2 Å². The molecule has 1 atom stereocenters. The first-order chi connectivity index (χ1) is 8.61. The van der Waals surface area contributed by atoms with Gasteiger partial charge in [0.1, 0.15) is 0 Å². The van der Waals surface area contributed by atoms with Crippen LogP contribution in [0.1, 0.15) is 17.3 Å². The Labute approximate surface area is 114 Å². The van der Waals surface area contributed by atoms with Crippen molar-refractivity contribution in [2.24, 2.45) is 0 Å². The number of amides is 1. The van der Waals surface area contributed by atoms with Gasteiger partial charge in [-0.1, -0.05) is 34.1 Å². The fourth-order valence-electron chi connectivity index (χ4n) is 1.74. The number of hydrogen-bond donors (Lipinski definition) is 2. The van der Waals surface area contributed by atoms with E-state index in [0.717, 1.165) is 15.2 Å². The maximum absolute atomic E-state index is 11.9. The molecule has 0 spiro atoms. The van der Waals surface area contributed by atoms with Crippen molar-refractivity contribution < 1.29 is 9.90 Å². The molecule has 0 fully saturated rings. The summed E-state index contributed by atoms with van der Waals surface area (Å²) in [4.78, 5) is 11.9. The van der Waals surface area contributed by atoms with Gasteiger partial charge in [-0.05, 0) is 35.9 Å². The Kier molecular flexibility index (Phi) is 3.99. The smallest absolute Gasteiger partial charge is 0.251 e. The van der Waals surface area contributed by atoms with E-state index in [9.17, 15) is 4.79 Å². The van der Waals surface area contributed by atoms with Crippen molar-refractivity contribution in [1.29, 1.82) is 0 Å². The first-order valence-corrected chi connectivity index (χ1v) is 6.51. The number of fused-ring (bicyclic) bond motifs is 1. The van der Waals surface area contributed by atoms with Crippen LogP contribution in [0.3, 0.4) is 0 Å². The summed E-state index contributed by atoms with van der Waals surface area (Å²) in [6.45, 7) is 1.69. The summed E-state index contributed by atoms with van der Waals surface area (Å²) in [5.74, 6) is -0.168. The van der Waals surface area contributed by atoms with E-state index in [1.165, 1.54) is 0 Å². The molecule has 0 aromatic heterocycles. The Balaban J connectivity index is 2.33. The topological polar surface area (TPSA) is 49.3 Å². The van der Waals surface area contributed by atoms with Crippen molar-refractivity contribution >= 4 is 32.6 Å². The van der Waals surface area contributed by atoms with E-state index in [0.29, 0.717) is 5.56 Å². The lowest BCUT2D eigenvalue weighted by molar-refractivity contribution is 0.0922. The predicted molar refractivity (Wildman–Crippen MR) is 75.7 cm³/mol. The summed E-state index contributed by atoms with van der Waals surface area (Å²) in [6.07, 6.45) is 0. The fraction of sp³-hybridized carbons (Fsp3) is 0.214. The highest BCUT2D eigenvalue weighted by molar-refractivity contribution is 9.10. The quantitative estimate of drug-likeness (QED) is 0.916. The minimum absolute atomic E-state index is 0.0646. The van der Waals surface area contributed by atoms with Crippen LogP contribution in [0.2, 0.25) is 0 Å². The van der Waals surface area contributed by atoms with Crippen molar-refractivity contribution in [2.45, 2.75) is 13.0 Å². The Morgan fingerprint density at radius 3 is 2.89 bits per heavy atom. The zero-order valence-corrected chi connectivity index (χ0v) is 11.6. The van der Waals surface area contributed by atoms with Gasteiger partial charge >= 0.3 is 0 Å². The first kappa shape index (κ1) is 13.1. The Bertz CT molecular complexity index is 583. The van der Waals surface area contributed by atoms with Gasteiger partial charge < -0.3 is 10.4 Å². The molecule has 0 aliphatic heterocycles. The van der Waals surface area contributed by atoms with E-state index in [1.54, 1.807) is 13.0 Å². The van der Waals surface area contributed by atoms with Gasteiger partial charge in [-0.25, -0.2) is 0 Å². The van der Waals surface area contributed by atoms with Crippen LogP contribution < -0.4 is 5.32 Å². The molecule has 0 aliphatic rings. The Morgan fingerprint density at radius 2 is 2.17 bits per heavy atom. The summed E-state index contributed by atoms with van der Waals surface area (Å²) < 4.78 is 1.01. The molecule has 0 radical (unpaired) electrons. The SMILES string of the molecule is CC(CO)NC(=O)c1ccc2c(Br)cccc2c1. The largest absolute Gasteiger partial charge is 0.394 e. The molecule has 0 heterocycles. The number of halogens is 1. The average Bonchev–Trinajstić information content (AvgIpc) is 2.38. The molecule has 2 N–H and O–H groups in total. The van der Waals surface area contributed by atoms with Crippen LogP contribution in [0.25, 0.3) is 10.8 Å². The number of hydrogen-bond acceptors (Lipinski definition) is 2. The molecule has 0 saturated heterocycles. The number of rotatable bonds is 3. The number of nitrogens with one attached hydrogen (secondary N) is 1. The third-order valence-corrected chi connectivity index (χ3v) is 3.43. The van der Waals surface area contributed by atoms with Gasteiger partial charge in [0.15, 0.2) is 0 Å². The normalized spacial score (nSPS) is 12.4. The zero-order chi connectivity index (χ0) is 13.1. The molecule has 0 bridgehead atoms. The minimum atomic E-state index is -0.240. The Morgan fingerprint density at radius 1 is 1.39 bits per heavy atom. The van der Waals surface area contributed by atoms with Crippen molar-refractivity contribution in [2.75, 3.05) is 6.61 Å². The number of benzene rings is 2. The third kappa shape index (κ3) is 2.71. The summed E-state index contributed by atoms with van der Waals surface area (Å²) >= 11 is 3.48. The monoisotopic (exact) mass is 307 g/mol. The second-order valence-corrected chi connectivity index (χ2v) is 5.09. The number of aliphatic hydroxyl groups is 1. The number of aliphatic hydroxyl groups excluding tert-OH is 1.